The number of benzene rings is 2. The predicted octanol–water partition coefficient (Wildman–Crippen LogP) is 2.90. The van der Waals surface area contributed by atoms with Crippen LogP contribution in [0.1, 0.15) is 25.3 Å². The Morgan fingerprint density at radius 2 is 1.38 bits per heavy atom. The minimum absolute atomic E-state index is 0.223. The highest BCUT2D eigenvalue weighted by atomic mass is 32.2. The molecule has 1 N–H and O–H groups in total. The van der Waals surface area contributed by atoms with Crippen LogP contribution in [0.15, 0.2) is 65.6 Å². The highest BCUT2D eigenvalue weighted by Gasteiger charge is 2.59. The van der Waals surface area contributed by atoms with Crippen molar-refractivity contribution in [2.75, 3.05) is 0 Å². The third-order valence-corrected chi connectivity index (χ3v) is 6.83. The molecule has 0 saturated heterocycles. The number of hydrogen-bond donors (Lipinski definition) is 1. The van der Waals surface area contributed by atoms with Crippen LogP contribution in [0, 0.1) is 0 Å². The lowest BCUT2D eigenvalue weighted by atomic mass is 9.67. The van der Waals surface area contributed by atoms with Gasteiger partial charge in [0.2, 0.25) is 0 Å². The van der Waals surface area contributed by atoms with Crippen LogP contribution in [-0.4, -0.2) is 18.3 Å². The highest BCUT2D eigenvalue weighted by Crippen LogP contribution is 2.53. The first-order valence-corrected chi connectivity index (χ1v) is 8.43. The van der Waals surface area contributed by atoms with Crippen molar-refractivity contribution in [1.82, 2.24) is 0 Å². The fourth-order valence-electron chi connectivity index (χ4n) is 3.21. The molecular formula is C17H18O3S. The van der Waals surface area contributed by atoms with Crippen LogP contribution in [0.2, 0.25) is 0 Å². The van der Waals surface area contributed by atoms with Crippen LogP contribution in [0.4, 0.5) is 0 Å². The third-order valence-electron chi connectivity index (χ3n) is 4.35. The first kappa shape index (κ1) is 14.3. The predicted molar refractivity (Wildman–Crippen MR) is 81.6 cm³/mol. The molecule has 1 aliphatic carbocycles. The smallest absolute Gasteiger partial charge is 0.184 e. The molecule has 3 nitrogen and oxygen atoms in total. The highest BCUT2D eigenvalue weighted by molar-refractivity contribution is 7.92. The SMILES string of the molecule is CC1(S(=O)(=O)c2ccccc2)CC(O)(c2ccccc2)C1. The van der Waals surface area contributed by atoms with Gasteiger partial charge in [-0.1, -0.05) is 48.5 Å². The van der Waals surface area contributed by atoms with E-state index in [1.54, 1.807) is 37.3 Å². The Morgan fingerprint density at radius 1 is 0.905 bits per heavy atom. The van der Waals surface area contributed by atoms with E-state index in [1.165, 1.54) is 0 Å². The van der Waals surface area contributed by atoms with Gasteiger partial charge in [0.15, 0.2) is 9.84 Å². The molecule has 2 aromatic rings. The lowest BCUT2D eigenvalue weighted by Gasteiger charge is -2.50. The Bertz CT molecular complexity index is 730. The molecule has 2 aromatic carbocycles. The minimum atomic E-state index is -3.44. The van der Waals surface area contributed by atoms with Gasteiger partial charge in [0.25, 0.3) is 0 Å². The molecule has 0 amide bonds. The number of hydrogen-bond acceptors (Lipinski definition) is 3. The number of rotatable bonds is 3. The van der Waals surface area contributed by atoms with Gasteiger partial charge in [-0.25, -0.2) is 8.42 Å². The van der Waals surface area contributed by atoms with Gasteiger partial charge in [0, 0.05) is 12.8 Å². The zero-order chi connectivity index (χ0) is 15.1. The summed E-state index contributed by atoms with van der Waals surface area (Å²) < 4.78 is 24.6. The van der Waals surface area contributed by atoms with E-state index < -0.39 is 20.2 Å². The average molecular weight is 302 g/mol. The second-order valence-electron chi connectivity index (χ2n) is 6.02. The second kappa shape index (κ2) is 4.68. The average Bonchev–Trinajstić information content (AvgIpc) is 2.47. The zero-order valence-corrected chi connectivity index (χ0v) is 12.7. The summed E-state index contributed by atoms with van der Waals surface area (Å²) in [6.07, 6.45) is 0.447. The number of sulfone groups is 1. The van der Waals surface area contributed by atoms with Gasteiger partial charge in [-0.05, 0) is 24.6 Å². The molecule has 0 unspecified atom stereocenters. The Labute approximate surface area is 125 Å². The van der Waals surface area contributed by atoms with Crippen LogP contribution < -0.4 is 0 Å². The largest absolute Gasteiger partial charge is 0.385 e. The minimum Gasteiger partial charge on any atom is -0.385 e. The lowest BCUT2D eigenvalue weighted by molar-refractivity contribution is -0.0626. The van der Waals surface area contributed by atoms with E-state index in [-0.39, 0.29) is 12.8 Å². The Kier molecular flexibility index (Phi) is 3.19. The van der Waals surface area contributed by atoms with Crippen molar-refractivity contribution in [1.29, 1.82) is 0 Å². The van der Waals surface area contributed by atoms with Crippen LogP contribution in [0.3, 0.4) is 0 Å². The molecule has 1 aliphatic rings. The van der Waals surface area contributed by atoms with Crippen molar-refractivity contribution in [3.63, 3.8) is 0 Å². The first-order chi connectivity index (χ1) is 9.87. The molecule has 0 radical (unpaired) electrons. The fraction of sp³-hybridized carbons (Fsp3) is 0.294. The first-order valence-electron chi connectivity index (χ1n) is 6.95. The monoisotopic (exact) mass is 302 g/mol. The Balaban J connectivity index is 1.90. The van der Waals surface area contributed by atoms with E-state index in [9.17, 15) is 13.5 Å². The van der Waals surface area contributed by atoms with E-state index in [0.29, 0.717) is 4.90 Å². The van der Waals surface area contributed by atoms with Gasteiger partial charge in [-0.3, -0.25) is 0 Å². The summed E-state index contributed by atoms with van der Waals surface area (Å²) in [4.78, 5) is 0.322. The molecular weight excluding hydrogens is 284 g/mol. The van der Waals surface area contributed by atoms with Gasteiger partial charge in [0.1, 0.15) is 0 Å². The molecule has 110 valence electrons. The van der Waals surface area contributed by atoms with Crippen molar-refractivity contribution in [3.8, 4) is 0 Å². The van der Waals surface area contributed by atoms with Gasteiger partial charge >= 0.3 is 0 Å². The third kappa shape index (κ3) is 2.19. The summed E-state index contributed by atoms with van der Waals surface area (Å²) in [5.74, 6) is 0. The second-order valence-corrected chi connectivity index (χ2v) is 8.48. The maximum absolute atomic E-state index is 12.7. The summed E-state index contributed by atoms with van der Waals surface area (Å²) in [7, 11) is -3.44. The molecule has 21 heavy (non-hydrogen) atoms. The molecule has 0 heterocycles. The van der Waals surface area contributed by atoms with Crippen LogP contribution in [0.25, 0.3) is 0 Å². The molecule has 0 atom stereocenters. The normalized spacial score (nSPS) is 28.9. The lowest BCUT2D eigenvalue weighted by Crippen LogP contribution is -2.57. The quantitative estimate of drug-likeness (QED) is 0.948. The standard InChI is InChI=1S/C17H18O3S/c1-16(21(19,20)15-10-6-3-7-11-15)12-17(18,13-16)14-8-4-2-5-9-14/h2-11,18H,12-13H2,1H3. The summed E-state index contributed by atoms with van der Waals surface area (Å²) >= 11 is 0. The van der Waals surface area contributed by atoms with Gasteiger partial charge in [-0.2, -0.15) is 0 Å². The van der Waals surface area contributed by atoms with Gasteiger partial charge in [0.05, 0.1) is 15.2 Å². The Hall–Kier alpha value is -1.65. The molecule has 1 saturated carbocycles. The van der Waals surface area contributed by atoms with Crippen molar-refractivity contribution in [2.24, 2.45) is 0 Å². The summed E-state index contributed by atoms with van der Waals surface area (Å²) in [6.45, 7) is 1.72. The van der Waals surface area contributed by atoms with Crippen LogP contribution >= 0.6 is 0 Å². The van der Waals surface area contributed by atoms with Crippen LogP contribution in [-0.2, 0) is 15.4 Å². The van der Waals surface area contributed by atoms with E-state index in [1.807, 2.05) is 30.3 Å². The maximum Gasteiger partial charge on any atom is 0.184 e. The summed E-state index contributed by atoms with van der Waals surface area (Å²) in [5, 5.41) is 10.7. The maximum atomic E-state index is 12.7. The topological polar surface area (TPSA) is 54.4 Å². The summed E-state index contributed by atoms with van der Waals surface area (Å²) in [6, 6.07) is 17.7. The molecule has 0 aromatic heterocycles. The van der Waals surface area contributed by atoms with Gasteiger partial charge in [-0.15, -0.1) is 0 Å². The fourth-order valence-corrected chi connectivity index (χ4v) is 5.15. The van der Waals surface area contributed by atoms with E-state index >= 15 is 0 Å². The molecule has 3 rings (SSSR count). The summed E-state index contributed by atoms with van der Waals surface area (Å²) in [5.41, 5.74) is -0.261. The van der Waals surface area contributed by atoms with Crippen molar-refractivity contribution >= 4 is 9.84 Å². The van der Waals surface area contributed by atoms with Crippen LogP contribution in [0.5, 0.6) is 0 Å². The molecule has 0 aliphatic heterocycles. The molecule has 0 spiro atoms. The zero-order valence-electron chi connectivity index (χ0n) is 11.9. The van der Waals surface area contributed by atoms with Crippen molar-refractivity contribution < 1.29 is 13.5 Å². The van der Waals surface area contributed by atoms with Gasteiger partial charge < -0.3 is 5.11 Å². The van der Waals surface area contributed by atoms with E-state index in [2.05, 4.69) is 0 Å². The Morgan fingerprint density at radius 3 is 1.90 bits per heavy atom. The molecule has 0 bridgehead atoms. The van der Waals surface area contributed by atoms with E-state index in [0.717, 1.165) is 5.56 Å². The molecule has 4 heteroatoms. The van der Waals surface area contributed by atoms with Crippen molar-refractivity contribution in [3.05, 3.63) is 66.2 Å². The number of aliphatic hydroxyl groups is 1. The van der Waals surface area contributed by atoms with Crippen molar-refractivity contribution in [2.45, 2.75) is 35.0 Å². The molecule has 1 fully saturated rings. The van der Waals surface area contributed by atoms with E-state index in [4.69, 9.17) is 0 Å².